The molecule has 2 aromatic rings. The van der Waals surface area contributed by atoms with Crippen molar-refractivity contribution in [2.45, 2.75) is 49.7 Å². The van der Waals surface area contributed by atoms with E-state index in [4.69, 9.17) is 23.2 Å². The zero-order valence-corrected chi connectivity index (χ0v) is 21.1. The Balaban J connectivity index is 1.30. The number of hydrogen-bond donors (Lipinski definition) is 2. The van der Waals surface area contributed by atoms with Gasteiger partial charge in [-0.3, -0.25) is 4.90 Å². The van der Waals surface area contributed by atoms with Crippen LogP contribution < -0.4 is 5.32 Å². The first-order valence-electron chi connectivity index (χ1n) is 12.3. The van der Waals surface area contributed by atoms with Crippen LogP contribution >= 0.6 is 23.2 Å². The van der Waals surface area contributed by atoms with Crippen molar-refractivity contribution in [3.05, 3.63) is 63.6 Å². The number of aliphatic hydroxyl groups excluding tert-OH is 1. The number of β-amino-alcohol motifs (C(OH)–C–C–N with tert-alkyl or cyclic N) is 1. The Labute approximate surface area is 216 Å². The molecule has 1 heterocycles. The molecule has 2 N–H and O–H groups in total. The fraction of sp³-hybridized carbons (Fsp3) is 0.481. The highest BCUT2D eigenvalue weighted by molar-refractivity contribution is 6.35. The number of halogens is 2. The number of hydrogen-bond acceptors (Lipinski definition) is 4. The molecule has 2 aromatic carbocycles. The van der Waals surface area contributed by atoms with Crippen LogP contribution in [0.2, 0.25) is 10.0 Å². The van der Waals surface area contributed by atoms with Crippen molar-refractivity contribution in [2.24, 2.45) is 5.92 Å². The lowest BCUT2D eigenvalue weighted by Crippen LogP contribution is -2.48. The van der Waals surface area contributed by atoms with E-state index in [1.807, 2.05) is 23.1 Å². The highest BCUT2D eigenvalue weighted by Gasteiger charge is 2.58. The number of aliphatic hydroxyl groups is 1. The SMILES string of the molecule is N#Cc1cccc([C@]23CC[C@@H](N(CCN4CC[C@H](O)C4)C(=O)Nc4cc(Cl)cc(Cl)c4)CC2C3)c1. The third-order valence-corrected chi connectivity index (χ3v) is 8.44. The van der Waals surface area contributed by atoms with Crippen LogP contribution in [0.25, 0.3) is 0 Å². The Morgan fingerprint density at radius 1 is 1.23 bits per heavy atom. The standard InChI is InChI=1S/C27H30Cl2N4O2/c28-21-12-22(29)14-23(13-21)31-26(35)33(9-8-32-7-5-25(34)17-32)24-4-6-27(15-20(27)11-24)19-3-1-2-18(10-19)16-30/h1-3,10,12-14,20,24-25,34H,4-9,11,15,17H2,(H,31,35)/t20?,24-,25+,27-/m1/s1. The van der Waals surface area contributed by atoms with E-state index in [-0.39, 0.29) is 23.6 Å². The molecular weight excluding hydrogens is 483 g/mol. The number of benzene rings is 2. The van der Waals surface area contributed by atoms with Crippen molar-refractivity contribution in [2.75, 3.05) is 31.5 Å². The summed E-state index contributed by atoms with van der Waals surface area (Å²) in [6.45, 7) is 2.84. The van der Waals surface area contributed by atoms with Crippen LogP contribution in [0.4, 0.5) is 10.5 Å². The topological polar surface area (TPSA) is 79.6 Å². The fourth-order valence-corrected chi connectivity index (χ4v) is 6.61. The number of fused-ring (bicyclic) bond motifs is 1. The predicted octanol–water partition coefficient (Wildman–Crippen LogP) is 5.28. The summed E-state index contributed by atoms with van der Waals surface area (Å²) in [5.74, 6) is 0.514. The molecule has 6 nitrogen and oxygen atoms in total. The summed E-state index contributed by atoms with van der Waals surface area (Å²) >= 11 is 12.3. The van der Waals surface area contributed by atoms with Gasteiger partial charge in [-0.15, -0.1) is 0 Å². The third-order valence-electron chi connectivity index (χ3n) is 8.00. The molecule has 4 atom stereocenters. The van der Waals surface area contributed by atoms with E-state index in [1.54, 1.807) is 18.2 Å². The maximum atomic E-state index is 13.5. The number of nitrogens with zero attached hydrogens (tertiary/aromatic N) is 3. The molecule has 3 fully saturated rings. The van der Waals surface area contributed by atoms with Crippen LogP contribution in [0.1, 0.15) is 43.2 Å². The lowest BCUT2D eigenvalue weighted by atomic mass is 9.80. The van der Waals surface area contributed by atoms with Gasteiger partial charge in [-0.05, 0) is 79.3 Å². The minimum atomic E-state index is -0.281. The van der Waals surface area contributed by atoms with Gasteiger partial charge in [0.2, 0.25) is 0 Å². The van der Waals surface area contributed by atoms with Crippen molar-refractivity contribution in [3.63, 3.8) is 0 Å². The minimum Gasteiger partial charge on any atom is -0.392 e. The molecule has 1 saturated heterocycles. The normalized spacial score (nSPS) is 27.7. The van der Waals surface area contributed by atoms with Gasteiger partial charge in [0.15, 0.2) is 0 Å². The molecule has 2 saturated carbocycles. The Hall–Kier alpha value is -2.30. The van der Waals surface area contributed by atoms with Gasteiger partial charge >= 0.3 is 6.03 Å². The maximum Gasteiger partial charge on any atom is 0.322 e. The number of carbonyl (C=O) groups is 1. The highest BCUT2D eigenvalue weighted by Crippen LogP contribution is 2.62. The van der Waals surface area contributed by atoms with Crippen LogP contribution in [-0.4, -0.2) is 59.3 Å². The third kappa shape index (κ3) is 5.29. The Morgan fingerprint density at radius 2 is 2.03 bits per heavy atom. The van der Waals surface area contributed by atoms with Crippen LogP contribution in [0.3, 0.4) is 0 Å². The molecule has 5 rings (SSSR count). The number of urea groups is 1. The number of carbonyl (C=O) groups excluding carboxylic acids is 1. The number of nitrogens with one attached hydrogen (secondary N) is 1. The van der Waals surface area contributed by atoms with Crippen molar-refractivity contribution < 1.29 is 9.90 Å². The molecule has 2 amide bonds. The van der Waals surface area contributed by atoms with Gasteiger partial charge in [-0.1, -0.05) is 35.3 Å². The van der Waals surface area contributed by atoms with E-state index in [0.717, 1.165) is 45.2 Å². The quantitative estimate of drug-likeness (QED) is 0.551. The average Bonchev–Trinajstić information content (AvgIpc) is 3.43. The van der Waals surface area contributed by atoms with Crippen LogP contribution in [0.15, 0.2) is 42.5 Å². The molecule has 1 aliphatic heterocycles. The zero-order chi connectivity index (χ0) is 24.6. The van der Waals surface area contributed by atoms with Gasteiger partial charge in [0.1, 0.15) is 0 Å². The Morgan fingerprint density at radius 3 is 2.71 bits per heavy atom. The van der Waals surface area contributed by atoms with Crippen molar-refractivity contribution in [1.29, 1.82) is 5.26 Å². The van der Waals surface area contributed by atoms with Gasteiger partial charge in [0, 0.05) is 48.0 Å². The van der Waals surface area contributed by atoms with E-state index in [1.165, 1.54) is 5.56 Å². The Kier molecular flexibility index (Phi) is 6.96. The zero-order valence-electron chi connectivity index (χ0n) is 19.6. The van der Waals surface area contributed by atoms with Crippen molar-refractivity contribution >= 4 is 34.9 Å². The summed E-state index contributed by atoms with van der Waals surface area (Å²) in [7, 11) is 0. The van der Waals surface area contributed by atoms with E-state index < -0.39 is 0 Å². The molecular formula is C27H30Cl2N4O2. The summed E-state index contributed by atoms with van der Waals surface area (Å²) in [5.41, 5.74) is 2.69. The van der Waals surface area contributed by atoms with Gasteiger partial charge in [-0.2, -0.15) is 5.26 Å². The van der Waals surface area contributed by atoms with Crippen LogP contribution in [0.5, 0.6) is 0 Å². The number of likely N-dealkylation sites (tertiary alicyclic amines) is 1. The summed E-state index contributed by atoms with van der Waals surface area (Å²) < 4.78 is 0. The minimum absolute atomic E-state index is 0.136. The van der Waals surface area contributed by atoms with Gasteiger partial charge in [0.25, 0.3) is 0 Å². The highest BCUT2D eigenvalue weighted by atomic mass is 35.5. The molecule has 3 aliphatic rings. The number of rotatable bonds is 6. The lowest BCUT2D eigenvalue weighted by molar-refractivity contribution is 0.142. The second-order valence-corrected chi connectivity index (χ2v) is 11.1. The Bertz CT molecular complexity index is 1130. The van der Waals surface area contributed by atoms with Crippen molar-refractivity contribution in [3.8, 4) is 6.07 Å². The second kappa shape index (κ2) is 9.99. The molecule has 1 unspecified atom stereocenters. The fourth-order valence-electron chi connectivity index (χ4n) is 6.08. The number of nitriles is 1. The average molecular weight is 513 g/mol. The van der Waals surface area contributed by atoms with E-state index in [0.29, 0.717) is 40.3 Å². The molecule has 2 aliphatic carbocycles. The summed E-state index contributed by atoms with van der Waals surface area (Å²) in [4.78, 5) is 17.7. The van der Waals surface area contributed by atoms with Crippen molar-refractivity contribution in [1.82, 2.24) is 9.80 Å². The van der Waals surface area contributed by atoms with Gasteiger partial charge in [0.05, 0.1) is 17.7 Å². The van der Waals surface area contributed by atoms with Gasteiger partial charge in [-0.25, -0.2) is 4.79 Å². The number of anilines is 1. The molecule has 0 aromatic heterocycles. The lowest BCUT2D eigenvalue weighted by Gasteiger charge is -2.37. The first-order valence-corrected chi connectivity index (χ1v) is 13.1. The largest absolute Gasteiger partial charge is 0.392 e. The second-order valence-electron chi connectivity index (χ2n) is 10.2. The van der Waals surface area contributed by atoms with Gasteiger partial charge < -0.3 is 15.3 Å². The number of amides is 2. The molecule has 0 bridgehead atoms. The summed E-state index contributed by atoms with van der Waals surface area (Å²) in [6, 6.07) is 15.3. The summed E-state index contributed by atoms with van der Waals surface area (Å²) in [6.07, 6.45) is 4.48. The first kappa shape index (κ1) is 24.4. The van der Waals surface area contributed by atoms with Crippen LogP contribution in [0, 0.1) is 17.2 Å². The van der Waals surface area contributed by atoms with Crippen LogP contribution in [-0.2, 0) is 5.41 Å². The molecule has 8 heteroatoms. The first-order chi connectivity index (χ1) is 16.9. The summed E-state index contributed by atoms with van der Waals surface area (Å²) in [5, 5.41) is 23.2. The smallest absolute Gasteiger partial charge is 0.322 e. The predicted molar refractivity (Wildman–Crippen MR) is 138 cm³/mol. The molecule has 35 heavy (non-hydrogen) atoms. The van der Waals surface area contributed by atoms with E-state index in [2.05, 4.69) is 22.4 Å². The monoisotopic (exact) mass is 512 g/mol. The van der Waals surface area contributed by atoms with E-state index >= 15 is 0 Å². The molecule has 0 spiro atoms. The molecule has 184 valence electrons. The van der Waals surface area contributed by atoms with E-state index in [9.17, 15) is 15.2 Å². The molecule has 0 radical (unpaired) electrons. The maximum absolute atomic E-state index is 13.5.